The number of aromatic nitrogens is 4. The minimum atomic E-state index is -0.742. The minimum absolute atomic E-state index is 0.298. The van der Waals surface area contributed by atoms with E-state index in [9.17, 15) is 5.26 Å². The largest absolute Gasteiger partial charge is 0.350 e. The zero-order valence-corrected chi connectivity index (χ0v) is 18.9. The molecule has 7 heteroatoms. The lowest BCUT2D eigenvalue weighted by Gasteiger charge is -2.24. The molecule has 3 heterocycles. The summed E-state index contributed by atoms with van der Waals surface area (Å²) in [4.78, 5) is 14.0. The first-order chi connectivity index (χ1) is 16.0. The van der Waals surface area contributed by atoms with Gasteiger partial charge in [-0.2, -0.15) is 10.2 Å². The molecule has 1 fully saturated rings. The monoisotopic (exact) mass is 437 g/mol. The molecular formula is C26H27N7. The highest BCUT2D eigenvalue weighted by molar-refractivity contribution is 5.86. The fraction of sp³-hybridized carbons (Fsp3) is 0.308. The van der Waals surface area contributed by atoms with E-state index >= 15 is 0 Å². The summed E-state index contributed by atoms with van der Waals surface area (Å²) >= 11 is 0. The van der Waals surface area contributed by atoms with Gasteiger partial charge in [0.25, 0.3) is 0 Å². The Bertz CT molecular complexity index is 1330. The van der Waals surface area contributed by atoms with Crippen molar-refractivity contribution in [1.29, 1.82) is 5.26 Å². The van der Waals surface area contributed by atoms with Gasteiger partial charge in [-0.25, -0.2) is 9.97 Å². The Morgan fingerprint density at radius 2 is 1.97 bits per heavy atom. The van der Waals surface area contributed by atoms with Crippen LogP contribution in [-0.4, -0.2) is 38.7 Å². The predicted octanol–water partition coefficient (Wildman–Crippen LogP) is 4.45. The molecule has 1 aliphatic heterocycles. The van der Waals surface area contributed by atoms with Crippen LogP contribution in [0.25, 0.3) is 28.0 Å². The Labute approximate surface area is 193 Å². The Morgan fingerprint density at radius 1 is 1.12 bits per heavy atom. The molecule has 5 rings (SSSR count). The molecule has 166 valence electrons. The second-order valence-corrected chi connectivity index (χ2v) is 9.03. The maximum Gasteiger partial charge on any atom is 0.224 e. The molecule has 33 heavy (non-hydrogen) atoms. The van der Waals surface area contributed by atoms with Crippen molar-refractivity contribution in [1.82, 2.24) is 24.8 Å². The van der Waals surface area contributed by atoms with E-state index in [4.69, 9.17) is 9.97 Å². The molecule has 1 saturated heterocycles. The number of rotatable bonds is 5. The second kappa shape index (κ2) is 8.64. The summed E-state index contributed by atoms with van der Waals surface area (Å²) in [6.07, 6.45) is 5.76. The number of anilines is 1. The Morgan fingerprint density at radius 3 is 2.76 bits per heavy atom. The van der Waals surface area contributed by atoms with Crippen LogP contribution in [0.4, 0.5) is 5.95 Å². The number of nitrogens with one attached hydrogen (secondary N) is 2. The molecule has 0 spiro atoms. The number of hydrogen-bond donors (Lipinski definition) is 2. The summed E-state index contributed by atoms with van der Waals surface area (Å²) in [5, 5.41) is 19.0. The highest BCUT2D eigenvalue weighted by atomic mass is 15.2. The van der Waals surface area contributed by atoms with Crippen LogP contribution in [0.5, 0.6) is 0 Å². The first-order valence-corrected chi connectivity index (χ1v) is 11.3. The van der Waals surface area contributed by atoms with Gasteiger partial charge < -0.3 is 10.6 Å². The molecular weight excluding hydrogens is 410 g/mol. The van der Waals surface area contributed by atoms with Crippen molar-refractivity contribution in [3.8, 4) is 23.3 Å². The fourth-order valence-corrected chi connectivity index (χ4v) is 4.31. The van der Waals surface area contributed by atoms with Crippen LogP contribution < -0.4 is 10.6 Å². The molecule has 2 N–H and O–H groups in total. The summed E-state index contributed by atoms with van der Waals surface area (Å²) in [5.74, 6) is 2.03. The number of imidazole rings is 1. The number of nitrogens with zero attached hydrogens (tertiary/aromatic N) is 5. The van der Waals surface area contributed by atoms with Gasteiger partial charge in [0.15, 0.2) is 0 Å². The minimum Gasteiger partial charge on any atom is -0.350 e. The van der Waals surface area contributed by atoms with E-state index in [0.717, 1.165) is 48.4 Å². The van der Waals surface area contributed by atoms with Crippen molar-refractivity contribution in [2.45, 2.75) is 38.1 Å². The molecule has 2 aromatic carbocycles. The normalized spacial score (nSPS) is 16.5. The van der Waals surface area contributed by atoms with Gasteiger partial charge in [0.1, 0.15) is 11.6 Å². The third-order valence-corrected chi connectivity index (χ3v) is 6.19. The van der Waals surface area contributed by atoms with E-state index in [1.165, 1.54) is 5.39 Å². The van der Waals surface area contributed by atoms with Gasteiger partial charge in [0.05, 0.1) is 23.4 Å². The van der Waals surface area contributed by atoms with Crippen molar-refractivity contribution >= 4 is 16.7 Å². The van der Waals surface area contributed by atoms with Crippen molar-refractivity contribution in [3.63, 3.8) is 0 Å². The van der Waals surface area contributed by atoms with Crippen LogP contribution in [0, 0.1) is 11.3 Å². The van der Waals surface area contributed by atoms with Gasteiger partial charge in [-0.15, -0.1) is 0 Å². The van der Waals surface area contributed by atoms with E-state index < -0.39 is 5.41 Å². The van der Waals surface area contributed by atoms with E-state index in [0.29, 0.717) is 17.8 Å². The molecule has 1 aliphatic rings. The standard InChI is InChI=1S/C26H27N7/c1-26(2,17-27)22-16-30-24(20-10-9-18-6-3-4-7-19(18)14-20)33(22)23-11-13-29-25(32-23)31-21-8-5-12-28-15-21/h3-4,6-7,9-11,13-14,16,21,28H,5,8,12,15H2,1-2H3,(H,29,31,32)/t21-/m0/s1. The molecule has 0 saturated carbocycles. The highest BCUT2D eigenvalue weighted by Crippen LogP contribution is 2.32. The summed E-state index contributed by atoms with van der Waals surface area (Å²) in [7, 11) is 0. The van der Waals surface area contributed by atoms with Crippen LogP contribution >= 0.6 is 0 Å². The Hall–Kier alpha value is -3.76. The number of benzene rings is 2. The molecule has 0 aliphatic carbocycles. The van der Waals surface area contributed by atoms with Gasteiger partial charge in [-0.05, 0) is 56.1 Å². The van der Waals surface area contributed by atoms with E-state index in [1.807, 2.05) is 36.6 Å². The third-order valence-electron chi connectivity index (χ3n) is 6.19. The van der Waals surface area contributed by atoms with E-state index in [-0.39, 0.29) is 0 Å². The van der Waals surface area contributed by atoms with Gasteiger partial charge >= 0.3 is 0 Å². The van der Waals surface area contributed by atoms with Crippen molar-refractivity contribution in [2.24, 2.45) is 0 Å². The zero-order chi connectivity index (χ0) is 22.8. The van der Waals surface area contributed by atoms with Crippen molar-refractivity contribution in [2.75, 3.05) is 18.4 Å². The first kappa shape index (κ1) is 21.1. The topological polar surface area (TPSA) is 91.5 Å². The average Bonchev–Trinajstić information content (AvgIpc) is 3.31. The van der Waals surface area contributed by atoms with Gasteiger partial charge in [-0.1, -0.05) is 36.4 Å². The smallest absolute Gasteiger partial charge is 0.224 e. The van der Waals surface area contributed by atoms with Crippen LogP contribution in [0.1, 0.15) is 32.4 Å². The third kappa shape index (κ3) is 4.18. The zero-order valence-electron chi connectivity index (χ0n) is 18.9. The molecule has 0 radical (unpaired) electrons. The molecule has 4 aromatic rings. The maximum atomic E-state index is 9.87. The fourth-order valence-electron chi connectivity index (χ4n) is 4.31. The number of piperidine rings is 1. The lowest BCUT2D eigenvalue weighted by molar-refractivity contribution is 0.478. The summed E-state index contributed by atoms with van der Waals surface area (Å²) in [6, 6.07) is 19.1. The molecule has 1 atom stereocenters. The SMILES string of the molecule is CC(C)(C#N)c1cnc(-c2ccc3ccccc3c2)n1-c1ccnc(N[C@H]2CCCNC2)n1. The second-order valence-electron chi connectivity index (χ2n) is 9.03. The van der Waals surface area contributed by atoms with Crippen LogP contribution in [-0.2, 0) is 5.41 Å². The molecule has 0 bridgehead atoms. The van der Waals surface area contributed by atoms with Crippen LogP contribution in [0.2, 0.25) is 0 Å². The Kier molecular flexibility index (Phi) is 5.53. The lowest BCUT2D eigenvalue weighted by atomic mass is 9.91. The van der Waals surface area contributed by atoms with Gasteiger partial charge in [0, 0.05) is 24.3 Å². The molecule has 2 aromatic heterocycles. The predicted molar refractivity (Wildman–Crippen MR) is 130 cm³/mol. The summed E-state index contributed by atoms with van der Waals surface area (Å²) in [5.41, 5.74) is 1.02. The maximum absolute atomic E-state index is 9.87. The molecule has 0 amide bonds. The lowest BCUT2D eigenvalue weighted by Crippen LogP contribution is -2.38. The van der Waals surface area contributed by atoms with Crippen LogP contribution in [0.3, 0.4) is 0 Å². The Balaban J connectivity index is 1.61. The van der Waals surface area contributed by atoms with Crippen molar-refractivity contribution < 1.29 is 0 Å². The number of nitriles is 1. The first-order valence-electron chi connectivity index (χ1n) is 11.3. The van der Waals surface area contributed by atoms with E-state index in [1.54, 1.807) is 12.4 Å². The van der Waals surface area contributed by atoms with Gasteiger partial charge in [0.2, 0.25) is 5.95 Å². The quantitative estimate of drug-likeness (QED) is 0.479. The number of hydrogen-bond acceptors (Lipinski definition) is 6. The highest BCUT2D eigenvalue weighted by Gasteiger charge is 2.28. The average molecular weight is 438 g/mol. The number of fused-ring (bicyclic) bond motifs is 1. The van der Waals surface area contributed by atoms with Crippen molar-refractivity contribution in [3.05, 3.63) is 66.6 Å². The van der Waals surface area contributed by atoms with Crippen LogP contribution in [0.15, 0.2) is 60.9 Å². The summed E-state index contributed by atoms with van der Waals surface area (Å²) < 4.78 is 1.99. The summed E-state index contributed by atoms with van der Waals surface area (Å²) in [6.45, 7) is 5.75. The molecule has 7 nitrogen and oxygen atoms in total. The van der Waals surface area contributed by atoms with Gasteiger partial charge in [-0.3, -0.25) is 4.57 Å². The molecule has 0 unspecified atom stereocenters. The van der Waals surface area contributed by atoms with E-state index in [2.05, 4.69) is 52.0 Å².